The second-order valence-corrected chi connectivity index (χ2v) is 5.84. The van der Waals surface area contributed by atoms with Crippen LogP contribution < -0.4 is 0 Å². The van der Waals surface area contributed by atoms with Crippen LogP contribution in [-0.2, 0) is 0 Å². The van der Waals surface area contributed by atoms with Crippen molar-refractivity contribution in [3.05, 3.63) is 34.3 Å². The summed E-state index contributed by atoms with van der Waals surface area (Å²) in [6.45, 7) is 6.89. The molecular weight excluding hydrogens is 326 g/mol. The van der Waals surface area contributed by atoms with Crippen molar-refractivity contribution in [3.8, 4) is 0 Å². The molecule has 0 aliphatic heterocycles. The lowest BCUT2D eigenvalue weighted by Crippen LogP contribution is -2.41. The van der Waals surface area contributed by atoms with Crippen LogP contribution in [0.2, 0.25) is 5.02 Å². The van der Waals surface area contributed by atoms with Gasteiger partial charge in [0.25, 0.3) is 5.91 Å². The summed E-state index contributed by atoms with van der Waals surface area (Å²) in [6, 6.07) is 5.86. The molecule has 1 amide bonds. The Morgan fingerprint density at radius 1 is 1.37 bits per heavy atom. The van der Waals surface area contributed by atoms with Gasteiger partial charge in [-0.2, -0.15) is 0 Å². The quantitative estimate of drug-likeness (QED) is 0.685. The van der Waals surface area contributed by atoms with Gasteiger partial charge in [0, 0.05) is 17.9 Å². The third kappa shape index (κ3) is 4.22. The molecular formula is C15H21BrClNO. The van der Waals surface area contributed by atoms with Gasteiger partial charge in [0.1, 0.15) is 0 Å². The minimum Gasteiger partial charge on any atom is -0.335 e. The average Bonchev–Trinajstić information content (AvgIpc) is 2.38. The summed E-state index contributed by atoms with van der Waals surface area (Å²) in [7, 11) is 0. The number of hydrogen-bond acceptors (Lipinski definition) is 1. The number of aryl methyl sites for hydroxylation is 1. The molecule has 0 spiro atoms. The zero-order chi connectivity index (χ0) is 14.4. The molecule has 1 aromatic carbocycles. The zero-order valence-electron chi connectivity index (χ0n) is 11.7. The van der Waals surface area contributed by atoms with E-state index < -0.39 is 0 Å². The third-order valence-corrected chi connectivity index (χ3v) is 3.99. The van der Waals surface area contributed by atoms with Crippen LogP contribution in [-0.4, -0.2) is 28.7 Å². The smallest absolute Gasteiger partial charge is 0.255 e. The highest BCUT2D eigenvalue weighted by atomic mass is 79.9. The van der Waals surface area contributed by atoms with E-state index in [-0.39, 0.29) is 11.9 Å². The Kier molecular flexibility index (Phi) is 6.87. The van der Waals surface area contributed by atoms with Gasteiger partial charge in [-0.15, -0.1) is 0 Å². The fourth-order valence-electron chi connectivity index (χ4n) is 2.22. The Labute approximate surface area is 129 Å². The number of carbonyl (C=O) groups is 1. The van der Waals surface area contributed by atoms with E-state index in [1.165, 1.54) is 0 Å². The van der Waals surface area contributed by atoms with Crippen molar-refractivity contribution in [2.24, 2.45) is 0 Å². The summed E-state index contributed by atoms with van der Waals surface area (Å²) < 4.78 is 0. The Morgan fingerprint density at radius 2 is 2.00 bits per heavy atom. The largest absolute Gasteiger partial charge is 0.335 e. The van der Waals surface area contributed by atoms with Crippen molar-refractivity contribution >= 4 is 33.4 Å². The van der Waals surface area contributed by atoms with Gasteiger partial charge in [-0.1, -0.05) is 47.4 Å². The number of halogens is 2. The first-order valence-corrected chi connectivity index (χ1v) is 8.18. The molecule has 0 aliphatic carbocycles. The van der Waals surface area contributed by atoms with Gasteiger partial charge in [0.05, 0.1) is 10.6 Å². The number of hydrogen-bond donors (Lipinski definition) is 0. The molecule has 0 aromatic heterocycles. The lowest BCUT2D eigenvalue weighted by atomic mass is 10.1. The number of benzene rings is 1. The molecule has 0 unspecified atom stereocenters. The molecule has 0 aliphatic rings. The van der Waals surface area contributed by atoms with Crippen molar-refractivity contribution in [1.29, 1.82) is 0 Å². The zero-order valence-corrected chi connectivity index (χ0v) is 14.1. The predicted molar refractivity (Wildman–Crippen MR) is 85.4 cm³/mol. The molecule has 0 saturated heterocycles. The fourth-order valence-corrected chi connectivity index (χ4v) is 2.92. The van der Waals surface area contributed by atoms with Crippen LogP contribution in [0.25, 0.3) is 0 Å². The van der Waals surface area contributed by atoms with Crippen LogP contribution in [0.15, 0.2) is 18.2 Å². The number of alkyl halides is 1. The SMILES string of the molecule is CCC(CC)N(CCBr)C(=O)c1ccc(C)cc1Cl. The van der Waals surface area contributed by atoms with Gasteiger partial charge in [-0.3, -0.25) is 4.79 Å². The minimum atomic E-state index is 0.0261. The lowest BCUT2D eigenvalue weighted by Gasteiger charge is -2.30. The van der Waals surface area contributed by atoms with Gasteiger partial charge in [-0.05, 0) is 37.5 Å². The molecule has 1 aromatic rings. The maximum Gasteiger partial charge on any atom is 0.255 e. The van der Waals surface area contributed by atoms with Crippen molar-refractivity contribution in [3.63, 3.8) is 0 Å². The molecule has 0 saturated carbocycles. The standard InChI is InChI=1S/C15H21BrClNO/c1-4-12(5-2)18(9-8-16)15(19)13-7-6-11(3)10-14(13)17/h6-7,10,12H,4-5,8-9H2,1-3H3. The Hall–Kier alpha value is -0.540. The molecule has 0 atom stereocenters. The summed E-state index contributed by atoms with van der Waals surface area (Å²) in [5, 5.41) is 1.31. The first-order chi connectivity index (χ1) is 9.04. The molecule has 0 N–H and O–H groups in total. The predicted octanol–water partition coefficient (Wildman–Crippen LogP) is 4.67. The molecule has 0 fully saturated rings. The fraction of sp³-hybridized carbons (Fsp3) is 0.533. The first kappa shape index (κ1) is 16.5. The van der Waals surface area contributed by atoms with Gasteiger partial charge < -0.3 is 4.90 Å². The van der Waals surface area contributed by atoms with E-state index in [4.69, 9.17) is 11.6 Å². The van der Waals surface area contributed by atoms with E-state index in [1.54, 1.807) is 0 Å². The summed E-state index contributed by atoms with van der Waals surface area (Å²) in [6.07, 6.45) is 1.91. The molecule has 0 bridgehead atoms. The lowest BCUT2D eigenvalue weighted by molar-refractivity contribution is 0.0683. The van der Waals surface area contributed by atoms with Crippen molar-refractivity contribution in [2.75, 3.05) is 11.9 Å². The van der Waals surface area contributed by atoms with E-state index in [1.807, 2.05) is 30.0 Å². The highest BCUT2D eigenvalue weighted by Gasteiger charge is 2.23. The van der Waals surface area contributed by atoms with E-state index >= 15 is 0 Å². The number of amides is 1. The second-order valence-electron chi connectivity index (χ2n) is 4.64. The van der Waals surface area contributed by atoms with Crippen LogP contribution >= 0.6 is 27.5 Å². The summed E-state index contributed by atoms with van der Waals surface area (Å²) >= 11 is 9.62. The average molecular weight is 347 g/mol. The summed E-state index contributed by atoms with van der Waals surface area (Å²) in [5.74, 6) is 0.0261. The second kappa shape index (κ2) is 7.91. The molecule has 19 heavy (non-hydrogen) atoms. The van der Waals surface area contributed by atoms with Crippen molar-refractivity contribution in [2.45, 2.75) is 39.7 Å². The number of rotatable bonds is 6. The monoisotopic (exact) mass is 345 g/mol. The van der Waals surface area contributed by atoms with E-state index in [9.17, 15) is 4.79 Å². The summed E-state index contributed by atoms with van der Waals surface area (Å²) in [5.41, 5.74) is 1.66. The third-order valence-electron chi connectivity index (χ3n) is 3.32. The molecule has 4 heteroatoms. The topological polar surface area (TPSA) is 20.3 Å². The van der Waals surface area contributed by atoms with E-state index in [0.29, 0.717) is 17.1 Å². The van der Waals surface area contributed by atoms with Gasteiger partial charge in [0.2, 0.25) is 0 Å². The molecule has 0 radical (unpaired) electrons. The maximum atomic E-state index is 12.6. The van der Waals surface area contributed by atoms with Crippen LogP contribution in [0.1, 0.15) is 42.6 Å². The van der Waals surface area contributed by atoms with E-state index in [2.05, 4.69) is 29.8 Å². The molecule has 2 nitrogen and oxygen atoms in total. The van der Waals surface area contributed by atoms with Crippen molar-refractivity contribution in [1.82, 2.24) is 4.90 Å². The Bertz CT molecular complexity index is 432. The van der Waals surface area contributed by atoms with Crippen LogP contribution in [0, 0.1) is 6.92 Å². The van der Waals surface area contributed by atoms with Crippen LogP contribution in [0.3, 0.4) is 0 Å². The van der Waals surface area contributed by atoms with Crippen LogP contribution in [0.5, 0.6) is 0 Å². The Morgan fingerprint density at radius 3 is 2.47 bits per heavy atom. The van der Waals surface area contributed by atoms with Crippen molar-refractivity contribution < 1.29 is 4.79 Å². The first-order valence-electron chi connectivity index (χ1n) is 6.68. The van der Waals surface area contributed by atoms with Gasteiger partial charge >= 0.3 is 0 Å². The highest BCUT2D eigenvalue weighted by molar-refractivity contribution is 9.09. The normalized spacial score (nSPS) is 10.8. The summed E-state index contributed by atoms with van der Waals surface area (Å²) in [4.78, 5) is 14.6. The maximum absolute atomic E-state index is 12.6. The minimum absolute atomic E-state index is 0.0261. The molecule has 106 valence electrons. The Balaban J connectivity index is 3.04. The van der Waals surface area contributed by atoms with Gasteiger partial charge in [0.15, 0.2) is 0 Å². The van der Waals surface area contributed by atoms with Gasteiger partial charge in [-0.25, -0.2) is 0 Å². The highest BCUT2D eigenvalue weighted by Crippen LogP contribution is 2.22. The molecule has 1 rings (SSSR count). The van der Waals surface area contributed by atoms with E-state index in [0.717, 1.165) is 23.7 Å². The number of carbonyl (C=O) groups excluding carboxylic acids is 1. The molecule has 0 heterocycles. The number of nitrogens with zero attached hydrogens (tertiary/aromatic N) is 1. The van der Waals surface area contributed by atoms with Crippen LogP contribution in [0.4, 0.5) is 0 Å².